The van der Waals surface area contributed by atoms with Crippen LogP contribution in [0.2, 0.25) is 0 Å². The summed E-state index contributed by atoms with van der Waals surface area (Å²) in [7, 11) is 0. The number of para-hydroxylation sites is 1. The van der Waals surface area contributed by atoms with E-state index in [1.807, 2.05) is 51.1 Å². The molecule has 0 bridgehead atoms. The molecule has 2 heterocycles. The van der Waals surface area contributed by atoms with Crippen molar-refractivity contribution in [1.29, 1.82) is 0 Å². The second-order valence-corrected chi connectivity index (χ2v) is 6.71. The van der Waals surface area contributed by atoms with Gasteiger partial charge in [0, 0.05) is 11.4 Å². The zero-order chi connectivity index (χ0) is 17.3. The number of carbonyl (C=O) groups is 1. The SMILES string of the molecule is CCc1ccccc1NC(=O)Cn1c(=O)sc2c(C)cc(C)nc21. The van der Waals surface area contributed by atoms with Gasteiger partial charge in [0.2, 0.25) is 5.91 Å². The molecule has 5 nitrogen and oxygen atoms in total. The van der Waals surface area contributed by atoms with Gasteiger partial charge in [0.1, 0.15) is 6.54 Å². The predicted octanol–water partition coefficient (Wildman–Crippen LogP) is 3.28. The molecule has 0 saturated carbocycles. The normalized spacial score (nSPS) is 11.0. The van der Waals surface area contributed by atoms with Gasteiger partial charge in [-0.05, 0) is 43.5 Å². The largest absolute Gasteiger partial charge is 0.324 e. The van der Waals surface area contributed by atoms with Crippen molar-refractivity contribution >= 4 is 33.3 Å². The van der Waals surface area contributed by atoms with Gasteiger partial charge < -0.3 is 5.32 Å². The molecule has 3 aromatic rings. The fraction of sp³-hybridized carbons (Fsp3) is 0.278. The number of aryl methyl sites for hydroxylation is 3. The van der Waals surface area contributed by atoms with E-state index in [1.54, 1.807) is 0 Å². The highest BCUT2D eigenvalue weighted by molar-refractivity contribution is 7.16. The minimum atomic E-state index is -0.223. The fourth-order valence-electron chi connectivity index (χ4n) is 2.77. The molecule has 24 heavy (non-hydrogen) atoms. The Morgan fingerprint density at radius 3 is 2.79 bits per heavy atom. The van der Waals surface area contributed by atoms with Gasteiger partial charge in [0.25, 0.3) is 0 Å². The van der Waals surface area contributed by atoms with Gasteiger partial charge in [0.15, 0.2) is 5.65 Å². The number of anilines is 1. The van der Waals surface area contributed by atoms with E-state index in [-0.39, 0.29) is 17.3 Å². The summed E-state index contributed by atoms with van der Waals surface area (Å²) in [5.74, 6) is -0.223. The molecular formula is C18H19N3O2S. The predicted molar refractivity (Wildman–Crippen MR) is 97.8 cm³/mol. The summed E-state index contributed by atoms with van der Waals surface area (Å²) in [4.78, 5) is 29.0. The van der Waals surface area contributed by atoms with E-state index in [0.717, 1.165) is 45.0 Å². The lowest BCUT2D eigenvalue weighted by molar-refractivity contribution is -0.116. The van der Waals surface area contributed by atoms with Crippen LogP contribution in [0.5, 0.6) is 0 Å². The second-order valence-electron chi connectivity index (χ2n) is 5.75. The Hall–Kier alpha value is -2.47. The summed E-state index contributed by atoms with van der Waals surface area (Å²) < 4.78 is 2.29. The quantitative estimate of drug-likeness (QED) is 0.792. The van der Waals surface area contributed by atoms with Crippen molar-refractivity contribution in [2.75, 3.05) is 5.32 Å². The maximum absolute atomic E-state index is 12.4. The lowest BCUT2D eigenvalue weighted by atomic mass is 10.1. The van der Waals surface area contributed by atoms with Crippen LogP contribution in [0.1, 0.15) is 23.7 Å². The number of amides is 1. The number of aromatic nitrogens is 2. The van der Waals surface area contributed by atoms with Crippen molar-refractivity contribution in [2.24, 2.45) is 0 Å². The van der Waals surface area contributed by atoms with Gasteiger partial charge in [-0.15, -0.1) is 0 Å². The van der Waals surface area contributed by atoms with Crippen LogP contribution < -0.4 is 10.2 Å². The Labute approximate surface area is 144 Å². The topological polar surface area (TPSA) is 64.0 Å². The van der Waals surface area contributed by atoms with Crippen LogP contribution in [-0.4, -0.2) is 15.5 Å². The molecule has 0 fully saturated rings. The Morgan fingerprint density at radius 2 is 2.04 bits per heavy atom. The van der Waals surface area contributed by atoms with E-state index in [2.05, 4.69) is 10.3 Å². The van der Waals surface area contributed by atoms with Crippen LogP contribution in [0.15, 0.2) is 35.1 Å². The Balaban J connectivity index is 1.91. The maximum Gasteiger partial charge on any atom is 0.309 e. The summed E-state index contributed by atoms with van der Waals surface area (Å²) in [6.07, 6.45) is 0.831. The number of hydrogen-bond acceptors (Lipinski definition) is 4. The maximum atomic E-state index is 12.4. The Kier molecular flexibility index (Phi) is 4.49. The van der Waals surface area contributed by atoms with Crippen molar-refractivity contribution in [3.05, 3.63) is 56.8 Å². The second kappa shape index (κ2) is 6.57. The summed E-state index contributed by atoms with van der Waals surface area (Å²) in [5.41, 5.74) is 4.29. The third-order valence-corrected chi connectivity index (χ3v) is 5.01. The van der Waals surface area contributed by atoms with Crippen LogP contribution in [0, 0.1) is 13.8 Å². The molecule has 124 valence electrons. The molecule has 1 amide bonds. The molecule has 3 rings (SSSR count). The van der Waals surface area contributed by atoms with Crippen molar-refractivity contribution < 1.29 is 4.79 Å². The van der Waals surface area contributed by atoms with E-state index in [1.165, 1.54) is 4.57 Å². The van der Waals surface area contributed by atoms with E-state index in [4.69, 9.17) is 0 Å². The number of fused-ring (bicyclic) bond motifs is 1. The molecule has 0 atom stereocenters. The number of pyridine rings is 1. The molecule has 1 aromatic carbocycles. The van der Waals surface area contributed by atoms with Gasteiger partial charge in [-0.25, -0.2) is 4.98 Å². The molecule has 0 saturated heterocycles. The zero-order valence-electron chi connectivity index (χ0n) is 13.9. The van der Waals surface area contributed by atoms with Crippen molar-refractivity contribution in [2.45, 2.75) is 33.7 Å². The first-order valence-corrected chi connectivity index (χ1v) is 8.66. The highest BCUT2D eigenvalue weighted by atomic mass is 32.1. The summed E-state index contributed by atoms with van der Waals surface area (Å²) in [6, 6.07) is 9.63. The number of rotatable bonds is 4. The van der Waals surface area contributed by atoms with Gasteiger partial charge >= 0.3 is 4.87 Å². The van der Waals surface area contributed by atoms with Crippen LogP contribution in [0.3, 0.4) is 0 Å². The first kappa shape index (κ1) is 16.4. The first-order valence-electron chi connectivity index (χ1n) is 7.85. The van der Waals surface area contributed by atoms with Crippen molar-refractivity contribution in [1.82, 2.24) is 9.55 Å². The molecule has 0 unspecified atom stereocenters. The lowest BCUT2D eigenvalue weighted by Crippen LogP contribution is -2.25. The molecule has 6 heteroatoms. The van der Waals surface area contributed by atoms with Crippen molar-refractivity contribution in [3.63, 3.8) is 0 Å². The van der Waals surface area contributed by atoms with Crippen LogP contribution in [0.4, 0.5) is 5.69 Å². The monoisotopic (exact) mass is 341 g/mol. The minimum Gasteiger partial charge on any atom is -0.324 e. The summed E-state index contributed by atoms with van der Waals surface area (Å²) in [5, 5.41) is 2.90. The van der Waals surface area contributed by atoms with E-state index in [0.29, 0.717) is 5.65 Å². The summed E-state index contributed by atoms with van der Waals surface area (Å²) in [6.45, 7) is 5.84. The fourth-order valence-corrected chi connectivity index (χ4v) is 3.67. The number of carbonyl (C=O) groups excluding carboxylic acids is 1. The number of thiazole rings is 1. The minimum absolute atomic E-state index is 0.0349. The number of benzene rings is 1. The molecule has 1 N–H and O–H groups in total. The van der Waals surface area contributed by atoms with Gasteiger partial charge in [-0.3, -0.25) is 14.2 Å². The Morgan fingerprint density at radius 1 is 1.29 bits per heavy atom. The molecule has 0 aliphatic rings. The van der Waals surface area contributed by atoms with Crippen molar-refractivity contribution in [3.8, 4) is 0 Å². The van der Waals surface area contributed by atoms with E-state index >= 15 is 0 Å². The number of nitrogens with zero attached hydrogens (tertiary/aromatic N) is 2. The smallest absolute Gasteiger partial charge is 0.309 e. The van der Waals surface area contributed by atoms with Crippen LogP contribution >= 0.6 is 11.3 Å². The average molecular weight is 341 g/mol. The van der Waals surface area contributed by atoms with Gasteiger partial charge in [-0.2, -0.15) is 0 Å². The van der Waals surface area contributed by atoms with E-state index < -0.39 is 0 Å². The Bertz CT molecular complexity index is 972. The third-order valence-electron chi connectivity index (χ3n) is 3.91. The number of hydrogen-bond donors (Lipinski definition) is 1. The lowest BCUT2D eigenvalue weighted by Gasteiger charge is -2.10. The first-order chi connectivity index (χ1) is 11.5. The third kappa shape index (κ3) is 3.10. The molecule has 0 spiro atoms. The zero-order valence-corrected chi connectivity index (χ0v) is 14.7. The van der Waals surface area contributed by atoms with Crippen LogP contribution in [0.25, 0.3) is 10.3 Å². The highest BCUT2D eigenvalue weighted by Gasteiger charge is 2.15. The van der Waals surface area contributed by atoms with Crippen LogP contribution in [-0.2, 0) is 17.8 Å². The molecule has 2 aromatic heterocycles. The molecule has 0 aliphatic heterocycles. The molecule has 0 radical (unpaired) electrons. The standard InChI is InChI=1S/C18H19N3O2S/c1-4-13-7-5-6-8-14(13)20-15(22)10-21-17-16(24-18(21)23)11(2)9-12(3)19-17/h5-9H,4,10H2,1-3H3,(H,20,22). The van der Waals surface area contributed by atoms with Gasteiger partial charge in [-0.1, -0.05) is 36.5 Å². The number of nitrogens with one attached hydrogen (secondary N) is 1. The average Bonchev–Trinajstić information content (AvgIpc) is 2.85. The summed E-state index contributed by atoms with van der Waals surface area (Å²) >= 11 is 1.13. The van der Waals surface area contributed by atoms with E-state index in [9.17, 15) is 9.59 Å². The molecular weight excluding hydrogens is 322 g/mol. The van der Waals surface area contributed by atoms with Gasteiger partial charge in [0.05, 0.1) is 4.70 Å². The highest BCUT2D eigenvalue weighted by Crippen LogP contribution is 2.21. The molecule has 0 aliphatic carbocycles.